The second-order valence-corrected chi connectivity index (χ2v) is 28.7. The van der Waals surface area contributed by atoms with Crippen LogP contribution in [0.15, 0.2) is 169 Å². The van der Waals surface area contributed by atoms with Gasteiger partial charge < -0.3 is 4.42 Å². The number of fused-ring (bicyclic) bond motifs is 14. The van der Waals surface area contributed by atoms with Gasteiger partial charge in [-0.05, 0) is 131 Å². The van der Waals surface area contributed by atoms with E-state index in [9.17, 15) is 0 Å². The van der Waals surface area contributed by atoms with Crippen LogP contribution in [0.3, 0.4) is 0 Å². The number of pyridine rings is 1. The summed E-state index contributed by atoms with van der Waals surface area (Å²) in [5.74, 6) is 2.42. The van der Waals surface area contributed by atoms with E-state index in [1.165, 1.54) is 95.0 Å². The first kappa shape index (κ1) is 47.9. The van der Waals surface area contributed by atoms with E-state index < -0.39 is 8.07 Å². The number of aryl methyl sites for hydroxylation is 1. The Kier molecular flexibility index (Phi) is 11.9. The lowest BCUT2D eigenvalue weighted by Gasteiger charge is -2.34. The molecule has 0 radical (unpaired) electrons. The SMILES string of the molecule is C=C1CC2C(CCc3c(cc4c(oc5ccccc54)c3C)-c3n1c1ccccc1[n+]3-c1c(C(C)C)cc(-c3ccccc3)cc1C(C)C)c1ccc(-c3ccccc3)cc1-c1cc(CC(C)C)c([Si](C)(C)C)c[n+]12. The van der Waals surface area contributed by atoms with E-state index in [1.54, 1.807) is 5.19 Å². The summed E-state index contributed by atoms with van der Waals surface area (Å²) < 4.78 is 14.9. The van der Waals surface area contributed by atoms with E-state index in [-0.39, 0.29) is 23.8 Å². The molecule has 12 rings (SSSR count). The smallest absolute Gasteiger partial charge is 0.300 e. The predicted octanol–water partition coefficient (Wildman–Crippen LogP) is 17.2. The Labute approximate surface area is 439 Å². The van der Waals surface area contributed by atoms with Crippen LogP contribution in [-0.4, -0.2) is 12.6 Å². The van der Waals surface area contributed by atoms with Crippen molar-refractivity contribution in [2.75, 3.05) is 0 Å². The van der Waals surface area contributed by atoms with E-state index >= 15 is 0 Å². The highest BCUT2D eigenvalue weighted by Gasteiger charge is 2.45. The number of nitrogens with zero attached hydrogens (tertiary/aromatic N) is 3. The fraction of sp³-hybridized carbons (Fsp3) is 0.275. The van der Waals surface area contributed by atoms with E-state index in [0.717, 1.165) is 53.3 Å². The molecule has 74 heavy (non-hydrogen) atoms. The maximum Gasteiger partial charge on any atom is 0.300 e. The fourth-order valence-electron chi connectivity index (χ4n) is 13.1. The lowest BCUT2D eigenvalue weighted by atomic mass is 9.76. The fourth-order valence-corrected chi connectivity index (χ4v) is 14.7. The molecular formula is C69H71N3OSi+2. The van der Waals surface area contributed by atoms with Crippen LogP contribution in [0.2, 0.25) is 19.6 Å². The van der Waals surface area contributed by atoms with Gasteiger partial charge in [0.2, 0.25) is 5.69 Å². The summed E-state index contributed by atoms with van der Waals surface area (Å²) in [6.07, 6.45) is 6.34. The molecule has 0 aliphatic carbocycles. The molecule has 2 unspecified atom stereocenters. The molecule has 7 aromatic carbocycles. The maximum absolute atomic E-state index is 6.93. The zero-order valence-corrected chi connectivity index (χ0v) is 46.2. The van der Waals surface area contributed by atoms with Gasteiger partial charge in [-0.15, -0.1) is 0 Å². The Balaban J connectivity index is 1.18. The van der Waals surface area contributed by atoms with Gasteiger partial charge in [-0.3, -0.25) is 0 Å². The summed E-state index contributed by atoms with van der Waals surface area (Å²) in [5.41, 5.74) is 23.8. The first-order valence-corrected chi connectivity index (χ1v) is 30.9. The zero-order valence-electron chi connectivity index (χ0n) is 45.2. The molecule has 0 bridgehead atoms. The van der Waals surface area contributed by atoms with Gasteiger partial charge >= 0.3 is 0 Å². The minimum atomic E-state index is -1.81. The molecule has 0 saturated heterocycles. The molecule has 0 fully saturated rings. The standard InChI is InChI=1S/C69H71N3OSi/c1-42(2)34-51-39-64-58-36-49(47-22-14-12-15-23-47)30-31-53(58)54-33-32-52-46(8)68-59(55-26-18-21-29-65(55)73-68)40-60(52)69-71(45(7)35-63(54)70(64)41-66(51)74(9,10)11)61-27-19-20-28-62(61)72(69)67-56(43(3)4)37-50(38-57(67)44(5)6)48-24-16-13-17-25-48/h12-31,36-44,54,63H,7,32-35H2,1-6,8-11H3/q+2. The topological polar surface area (TPSA) is 25.8 Å². The van der Waals surface area contributed by atoms with E-state index in [1.807, 2.05) is 0 Å². The van der Waals surface area contributed by atoms with Gasteiger partial charge in [-0.25, -0.2) is 0 Å². The Hall–Kier alpha value is -7.08. The number of rotatable bonds is 8. The second-order valence-electron chi connectivity index (χ2n) is 23.7. The molecule has 0 saturated carbocycles. The number of imidazole rings is 1. The monoisotopic (exact) mass is 986 g/mol. The second kappa shape index (κ2) is 18.4. The van der Waals surface area contributed by atoms with E-state index in [4.69, 9.17) is 11.0 Å². The summed E-state index contributed by atoms with van der Waals surface area (Å²) in [6.45, 7) is 29.4. The summed E-state index contributed by atoms with van der Waals surface area (Å²) >= 11 is 0. The number of furan rings is 1. The van der Waals surface area contributed by atoms with Crippen LogP contribution in [0.4, 0.5) is 0 Å². The highest BCUT2D eigenvalue weighted by atomic mass is 28.3. The third-order valence-corrected chi connectivity index (χ3v) is 18.6. The van der Waals surface area contributed by atoms with Crippen molar-refractivity contribution >= 4 is 51.9 Å². The van der Waals surface area contributed by atoms with Gasteiger partial charge in [0.05, 0.1) is 25.6 Å². The van der Waals surface area contributed by atoms with Gasteiger partial charge in [0.15, 0.2) is 23.3 Å². The Morgan fingerprint density at radius 2 is 1.32 bits per heavy atom. The number of aromatic nitrogens is 3. The van der Waals surface area contributed by atoms with Crippen molar-refractivity contribution in [3.8, 4) is 50.6 Å². The summed E-state index contributed by atoms with van der Waals surface area (Å²) in [5, 5.41) is 3.87. The minimum absolute atomic E-state index is 0.123. The molecule has 370 valence electrons. The number of benzene rings is 7. The van der Waals surface area contributed by atoms with Crippen molar-refractivity contribution in [3.05, 3.63) is 198 Å². The highest BCUT2D eigenvalue weighted by molar-refractivity contribution is 6.89. The molecular weight excluding hydrogens is 915 g/mol. The van der Waals surface area contributed by atoms with Crippen LogP contribution in [-0.2, 0) is 12.8 Å². The van der Waals surface area contributed by atoms with Crippen LogP contribution in [0.1, 0.15) is 112 Å². The number of para-hydroxylation sites is 3. The number of hydrogen-bond donors (Lipinski definition) is 0. The van der Waals surface area contributed by atoms with Crippen LogP contribution in [0.5, 0.6) is 0 Å². The molecule has 5 heterocycles. The van der Waals surface area contributed by atoms with Crippen molar-refractivity contribution in [2.24, 2.45) is 5.92 Å². The maximum atomic E-state index is 6.93. The highest BCUT2D eigenvalue weighted by Crippen LogP contribution is 2.49. The van der Waals surface area contributed by atoms with Crippen LogP contribution in [0.25, 0.3) is 89.3 Å². The molecule has 2 aliphatic heterocycles. The number of allylic oxidation sites excluding steroid dienone is 1. The normalized spacial score (nSPS) is 15.7. The molecule has 2 atom stereocenters. The first-order chi connectivity index (χ1) is 35.7. The van der Waals surface area contributed by atoms with Crippen molar-refractivity contribution in [1.82, 2.24) is 4.57 Å². The van der Waals surface area contributed by atoms with Crippen molar-refractivity contribution in [1.29, 1.82) is 0 Å². The van der Waals surface area contributed by atoms with E-state index in [2.05, 4.69) is 240 Å². The lowest BCUT2D eigenvalue weighted by Crippen LogP contribution is -2.54. The van der Waals surface area contributed by atoms with E-state index in [0.29, 0.717) is 5.92 Å². The Morgan fingerprint density at radius 1 is 0.676 bits per heavy atom. The lowest BCUT2D eigenvalue weighted by molar-refractivity contribution is -0.716. The molecule has 4 nitrogen and oxygen atoms in total. The first-order valence-electron chi connectivity index (χ1n) is 27.4. The van der Waals surface area contributed by atoms with Crippen molar-refractivity contribution in [2.45, 2.75) is 118 Å². The molecule has 5 heteroatoms. The van der Waals surface area contributed by atoms with Gasteiger partial charge in [0.25, 0.3) is 5.82 Å². The molecule has 0 spiro atoms. The average Bonchev–Trinajstić information content (AvgIpc) is 3.94. The minimum Gasteiger partial charge on any atom is -0.456 e. The van der Waals surface area contributed by atoms with Crippen LogP contribution in [0, 0.1) is 12.8 Å². The number of hydrogen-bond acceptors (Lipinski definition) is 1. The predicted molar refractivity (Wildman–Crippen MR) is 314 cm³/mol. The van der Waals surface area contributed by atoms with Gasteiger partial charge in [0, 0.05) is 39.1 Å². The summed E-state index contributed by atoms with van der Waals surface area (Å²) in [7, 11) is -1.81. The third-order valence-electron chi connectivity index (χ3n) is 16.6. The average molecular weight is 986 g/mol. The largest absolute Gasteiger partial charge is 0.456 e. The molecule has 0 amide bonds. The summed E-state index contributed by atoms with van der Waals surface area (Å²) in [6, 6.07) is 57.2. The van der Waals surface area contributed by atoms with Crippen molar-refractivity contribution < 1.29 is 13.6 Å². The molecule has 3 aromatic heterocycles. The van der Waals surface area contributed by atoms with Gasteiger partial charge in [-0.1, -0.05) is 171 Å². The van der Waals surface area contributed by atoms with Crippen LogP contribution >= 0.6 is 0 Å². The molecule has 0 N–H and O–H groups in total. The quantitative estimate of drug-likeness (QED) is 0.110. The third kappa shape index (κ3) is 7.93. The van der Waals surface area contributed by atoms with Crippen molar-refractivity contribution in [3.63, 3.8) is 0 Å². The summed E-state index contributed by atoms with van der Waals surface area (Å²) in [4.78, 5) is 0. The Bertz CT molecular complexity index is 3820. The van der Waals surface area contributed by atoms with Gasteiger partial charge in [0.1, 0.15) is 22.6 Å². The Morgan fingerprint density at radius 3 is 2.00 bits per heavy atom. The van der Waals surface area contributed by atoms with Crippen LogP contribution < -0.4 is 14.3 Å². The molecule has 2 aliphatic rings. The molecule has 10 aromatic rings. The van der Waals surface area contributed by atoms with Gasteiger partial charge in [-0.2, -0.15) is 13.7 Å². The zero-order chi connectivity index (χ0) is 51.3.